The Morgan fingerprint density at radius 3 is 2.60 bits per heavy atom. The fourth-order valence-corrected chi connectivity index (χ4v) is 3.36. The Kier molecular flexibility index (Phi) is 2.30. The van der Waals surface area contributed by atoms with Crippen LogP contribution in [0, 0.1) is 11.3 Å². The number of ketones is 1. The minimum Gasteiger partial charge on any atom is -0.367 e. The molecule has 3 atom stereocenters. The van der Waals surface area contributed by atoms with Crippen LogP contribution in [0.4, 0.5) is 0 Å². The van der Waals surface area contributed by atoms with Crippen molar-refractivity contribution >= 4 is 5.78 Å². The first-order valence-electron chi connectivity index (χ1n) is 5.75. The van der Waals surface area contributed by atoms with Crippen molar-refractivity contribution in [2.45, 2.75) is 52.2 Å². The molecule has 2 rings (SSSR count). The molecule has 84 valence electrons. The predicted octanol–water partition coefficient (Wildman–Crippen LogP) is 2.73. The van der Waals surface area contributed by atoms with E-state index in [1.54, 1.807) is 13.0 Å². The molecule has 0 amide bonds. The molecular formula is C13H20O2. The van der Waals surface area contributed by atoms with Crippen molar-refractivity contribution in [3.63, 3.8) is 0 Å². The van der Waals surface area contributed by atoms with Gasteiger partial charge in [-0.25, -0.2) is 0 Å². The smallest absolute Gasteiger partial charge is 0.152 e. The van der Waals surface area contributed by atoms with E-state index in [1.807, 2.05) is 6.08 Å². The van der Waals surface area contributed by atoms with Gasteiger partial charge in [-0.05, 0) is 37.8 Å². The number of carbonyl (C=O) groups excluding carboxylic acids is 1. The van der Waals surface area contributed by atoms with E-state index in [1.165, 1.54) is 0 Å². The van der Waals surface area contributed by atoms with Crippen LogP contribution in [0.3, 0.4) is 0 Å². The lowest BCUT2D eigenvalue weighted by molar-refractivity contribution is -0.112. The van der Waals surface area contributed by atoms with E-state index in [0.29, 0.717) is 12.0 Å². The molecule has 0 saturated carbocycles. The van der Waals surface area contributed by atoms with E-state index < -0.39 is 0 Å². The number of hydrogen-bond acceptors (Lipinski definition) is 2. The maximum atomic E-state index is 11.0. The van der Waals surface area contributed by atoms with Crippen LogP contribution in [0.5, 0.6) is 0 Å². The number of rotatable bonds is 2. The lowest BCUT2D eigenvalue weighted by Crippen LogP contribution is -2.44. The van der Waals surface area contributed by atoms with Crippen LogP contribution in [-0.2, 0) is 9.53 Å². The second kappa shape index (κ2) is 3.18. The molecule has 0 radical (unpaired) electrons. The van der Waals surface area contributed by atoms with Gasteiger partial charge in [0.15, 0.2) is 5.78 Å². The van der Waals surface area contributed by atoms with Crippen molar-refractivity contribution in [2.75, 3.05) is 0 Å². The molecule has 0 aromatic heterocycles. The summed E-state index contributed by atoms with van der Waals surface area (Å²) >= 11 is 0. The van der Waals surface area contributed by atoms with Crippen LogP contribution < -0.4 is 0 Å². The van der Waals surface area contributed by atoms with Crippen molar-refractivity contribution < 1.29 is 9.53 Å². The summed E-state index contributed by atoms with van der Waals surface area (Å²) in [5.41, 5.74) is -0.0510. The van der Waals surface area contributed by atoms with Gasteiger partial charge in [-0.1, -0.05) is 20.8 Å². The quantitative estimate of drug-likeness (QED) is 0.652. The molecule has 2 fully saturated rings. The third-order valence-electron chi connectivity index (χ3n) is 4.07. The molecule has 2 heteroatoms. The summed E-state index contributed by atoms with van der Waals surface area (Å²) in [6.07, 6.45) is 6.32. The van der Waals surface area contributed by atoms with Gasteiger partial charge in [0.25, 0.3) is 0 Å². The van der Waals surface area contributed by atoms with Crippen molar-refractivity contribution in [1.29, 1.82) is 0 Å². The molecule has 0 aromatic carbocycles. The monoisotopic (exact) mass is 208 g/mol. The zero-order valence-electron chi connectivity index (χ0n) is 10.0. The molecule has 2 saturated heterocycles. The van der Waals surface area contributed by atoms with Crippen LogP contribution >= 0.6 is 0 Å². The summed E-state index contributed by atoms with van der Waals surface area (Å²) in [6, 6.07) is 0. The highest BCUT2D eigenvalue weighted by Gasteiger charge is 2.60. The summed E-state index contributed by atoms with van der Waals surface area (Å²) in [5, 5.41) is 0. The Morgan fingerprint density at radius 1 is 1.47 bits per heavy atom. The Morgan fingerprint density at radius 2 is 2.13 bits per heavy atom. The SMILES string of the molecule is CC(=O)C=C[C@@]12O[C@H](C[C@H]1C)CC2(C)C. The number of allylic oxidation sites excluding steroid dienone is 1. The summed E-state index contributed by atoms with van der Waals surface area (Å²) in [4.78, 5) is 11.0. The van der Waals surface area contributed by atoms with E-state index in [9.17, 15) is 4.79 Å². The molecule has 0 aromatic rings. The highest BCUT2D eigenvalue weighted by atomic mass is 16.5. The number of hydrogen-bond donors (Lipinski definition) is 0. The first-order valence-corrected chi connectivity index (χ1v) is 5.75. The van der Waals surface area contributed by atoms with Gasteiger partial charge in [0.2, 0.25) is 0 Å². The van der Waals surface area contributed by atoms with E-state index in [-0.39, 0.29) is 16.8 Å². The molecule has 2 bridgehead atoms. The van der Waals surface area contributed by atoms with Crippen LogP contribution in [0.2, 0.25) is 0 Å². The minimum atomic E-state index is -0.205. The number of ether oxygens (including phenoxy) is 1. The van der Waals surface area contributed by atoms with Crippen molar-refractivity contribution in [2.24, 2.45) is 11.3 Å². The minimum absolute atomic E-state index is 0.103. The van der Waals surface area contributed by atoms with Gasteiger partial charge in [0.1, 0.15) is 0 Å². The maximum Gasteiger partial charge on any atom is 0.152 e. The standard InChI is InChI=1S/C13H20O2/c1-9-7-11-8-12(3,4)13(9,15-11)6-5-10(2)14/h5-6,9,11H,7-8H2,1-4H3/t9-,11-,13-/m1/s1. The van der Waals surface area contributed by atoms with Crippen LogP contribution in [0.15, 0.2) is 12.2 Å². The van der Waals surface area contributed by atoms with Gasteiger partial charge in [0, 0.05) is 5.41 Å². The Bertz CT molecular complexity index is 316. The second-order valence-corrected chi connectivity index (χ2v) is 5.70. The van der Waals surface area contributed by atoms with Crippen LogP contribution in [-0.4, -0.2) is 17.5 Å². The second-order valence-electron chi connectivity index (χ2n) is 5.70. The third kappa shape index (κ3) is 1.46. The van der Waals surface area contributed by atoms with Gasteiger partial charge >= 0.3 is 0 Å². The normalized spacial score (nSPS) is 42.7. The molecule has 0 N–H and O–H groups in total. The molecule has 2 aliphatic heterocycles. The van der Waals surface area contributed by atoms with Crippen molar-refractivity contribution in [1.82, 2.24) is 0 Å². The molecule has 0 spiro atoms. The van der Waals surface area contributed by atoms with Gasteiger partial charge in [0.05, 0.1) is 11.7 Å². The summed E-state index contributed by atoms with van der Waals surface area (Å²) in [6.45, 7) is 8.30. The number of fused-ring (bicyclic) bond motifs is 2. The van der Waals surface area contributed by atoms with E-state index in [0.717, 1.165) is 12.8 Å². The number of carbonyl (C=O) groups is 1. The first-order chi connectivity index (χ1) is 6.87. The lowest BCUT2D eigenvalue weighted by atomic mass is 9.63. The summed E-state index contributed by atoms with van der Waals surface area (Å²) in [5.74, 6) is 0.619. The molecule has 2 aliphatic rings. The maximum absolute atomic E-state index is 11.0. The van der Waals surface area contributed by atoms with Crippen molar-refractivity contribution in [3.8, 4) is 0 Å². The van der Waals surface area contributed by atoms with Crippen LogP contribution in [0.25, 0.3) is 0 Å². The van der Waals surface area contributed by atoms with E-state index in [4.69, 9.17) is 4.74 Å². The van der Waals surface area contributed by atoms with Gasteiger partial charge in [-0.15, -0.1) is 0 Å². The predicted molar refractivity (Wildman–Crippen MR) is 59.6 cm³/mol. The molecule has 2 nitrogen and oxygen atoms in total. The lowest BCUT2D eigenvalue weighted by Gasteiger charge is -2.41. The Labute approximate surface area is 91.7 Å². The summed E-state index contributed by atoms with van der Waals surface area (Å²) < 4.78 is 6.10. The highest BCUT2D eigenvalue weighted by molar-refractivity contribution is 5.87. The van der Waals surface area contributed by atoms with Crippen LogP contribution in [0.1, 0.15) is 40.5 Å². The van der Waals surface area contributed by atoms with E-state index in [2.05, 4.69) is 20.8 Å². The largest absolute Gasteiger partial charge is 0.367 e. The molecule has 0 unspecified atom stereocenters. The molecule has 15 heavy (non-hydrogen) atoms. The molecule has 2 heterocycles. The molecular weight excluding hydrogens is 188 g/mol. The van der Waals surface area contributed by atoms with Gasteiger partial charge in [-0.3, -0.25) is 4.79 Å². The average molecular weight is 208 g/mol. The Hall–Kier alpha value is -0.630. The van der Waals surface area contributed by atoms with Gasteiger partial charge < -0.3 is 4.74 Å². The third-order valence-corrected chi connectivity index (χ3v) is 4.07. The van der Waals surface area contributed by atoms with E-state index >= 15 is 0 Å². The zero-order valence-corrected chi connectivity index (χ0v) is 10.0. The average Bonchev–Trinajstić information content (AvgIpc) is 2.50. The van der Waals surface area contributed by atoms with Gasteiger partial charge in [-0.2, -0.15) is 0 Å². The zero-order chi connectivity index (χ0) is 11.3. The first kappa shape index (κ1) is 10.9. The Balaban J connectivity index is 2.33. The molecule has 0 aliphatic carbocycles. The van der Waals surface area contributed by atoms with Crippen molar-refractivity contribution in [3.05, 3.63) is 12.2 Å². The fraction of sp³-hybridized carbons (Fsp3) is 0.769. The highest BCUT2D eigenvalue weighted by Crippen LogP contribution is 2.58. The summed E-state index contributed by atoms with van der Waals surface area (Å²) in [7, 11) is 0. The topological polar surface area (TPSA) is 26.3 Å². The fourth-order valence-electron chi connectivity index (χ4n) is 3.36.